The molecule has 1 aromatic rings. The first-order valence-electron chi connectivity index (χ1n) is 6.82. The second-order valence-corrected chi connectivity index (χ2v) is 6.52. The monoisotopic (exact) mass is 275 g/mol. The van der Waals surface area contributed by atoms with Crippen LogP contribution >= 0.6 is 0 Å². The fourth-order valence-corrected chi connectivity index (χ4v) is 2.51. The first kappa shape index (κ1) is 14.7. The molecule has 0 bridgehead atoms. The van der Waals surface area contributed by atoms with E-state index in [9.17, 15) is 9.59 Å². The first-order valence-corrected chi connectivity index (χ1v) is 6.82. The number of carbonyl (C=O) groups is 2. The number of hydrogen-bond acceptors (Lipinski definition) is 3. The van der Waals surface area contributed by atoms with Gasteiger partial charge in [0.1, 0.15) is 5.78 Å². The molecule has 4 nitrogen and oxygen atoms in total. The van der Waals surface area contributed by atoms with Crippen molar-refractivity contribution in [2.75, 3.05) is 0 Å². The number of amides is 1. The van der Waals surface area contributed by atoms with E-state index in [1.165, 1.54) is 5.06 Å². The number of ketones is 1. The quantitative estimate of drug-likeness (QED) is 0.791. The summed E-state index contributed by atoms with van der Waals surface area (Å²) in [6.07, 6.45) is 0.615. The van der Waals surface area contributed by atoms with Crippen LogP contribution in [0.2, 0.25) is 0 Å². The maximum absolute atomic E-state index is 12.7. The van der Waals surface area contributed by atoms with E-state index in [1.54, 1.807) is 12.1 Å². The molecule has 2 rings (SSSR count). The lowest BCUT2D eigenvalue weighted by Crippen LogP contribution is -2.49. The molecule has 1 saturated heterocycles. The van der Waals surface area contributed by atoms with Crippen molar-refractivity contribution in [1.82, 2.24) is 5.06 Å². The van der Waals surface area contributed by atoms with Gasteiger partial charge >= 0.3 is 0 Å². The van der Waals surface area contributed by atoms with Gasteiger partial charge in [0.25, 0.3) is 5.91 Å². The predicted molar refractivity (Wildman–Crippen MR) is 76.1 cm³/mol. The van der Waals surface area contributed by atoms with Crippen LogP contribution in [-0.4, -0.2) is 27.9 Å². The third kappa shape index (κ3) is 3.07. The number of hydrogen-bond donors (Lipinski definition) is 0. The van der Waals surface area contributed by atoms with E-state index in [0.29, 0.717) is 18.4 Å². The average molecular weight is 275 g/mol. The Balaban J connectivity index is 2.36. The Hall–Kier alpha value is -1.68. The van der Waals surface area contributed by atoms with Gasteiger partial charge in [-0.25, -0.2) is 5.06 Å². The molecule has 0 saturated carbocycles. The maximum Gasteiger partial charge on any atom is 0.277 e. The third-order valence-corrected chi connectivity index (χ3v) is 3.35. The van der Waals surface area contributed by atoms with Crippen LogP contribution in [-0.2, 0) is 9.63 Å². The van der Waals surface area contributed by atoms with Gasteiger partial charge in [-0.3, -0.25) is 14.4 Å². The van der Waals surface area contributed by atoms with Gasteiger partial charge in [-0.15, -0.1) is 0 Å². The molecule has 1 heterocycles. The smallest absolute Gasteiger partial charge is 0.277 e. The molecule has 0 aromatic heterocycles. The van der Waals surface area contributed by atoms with Gasteiger partial charge in [-0.2, -0.15) is 0 Å². The Labute approximate surface area is 119 Å². The fraction of sp³-hybridized carbons (Fsp3) is 0.500. The minimum Gasteiger partial charge on any atom is -0.299 e. The summed E-state index contributed by atoms with van der Waals surface area (Å²) in [6.45, 7) is 7.37. The largest absolute Gasteiger partial charge is 0.299 e. The number of carbonyl (C=O) groups excluding carboxylic acids is 2. The summed E-state index contributed by atoms with van der Waals surface area (Å²) >= 11 is 0. The fourth-order valence-electron chi connectivity index (χ4n) is 2.51. The summed E-state index contributed by atoms with van der Waals surface area (Å²) in [4.78, 5) is 30.5. The summed E-state index contributed by atoms with van der Waals surface area (Å²) in [5.41, 5.74) is -0.765. The minimum atomic E-state index is -0.671. The van der Waals surface area contributed by atoms with Crippen LogP contribution in [0, 0.1) is 0 Å². The van der Waals surface area contributed by atoms with Crippen LogP contribution in [0.1, 0.15) is 50.9 Å². The maximum atomic E-state index is 12.7. The van der Waals surface area contributed by atoms with Crippen molar-refractivity contribution in [2.24, 2.45) is 0 Å². The molecule has 0 aliphatic carbocycles. The van der Waals surface area contributed by atoms with Crippen molar-refractivity contribution in [3.8, 4) is 0 Å². The molecule has 1 aliphatic heterocycles. The number of nitrogens with zero attached hydrogens (tertiary/aromatic N) is 1. The van der Waals surface area contributed by atoms with Crippen LogP contribution in [0.15, 0.2) is 30.3 Å². The van der Waals surface area contributed by atoms with Gasteiger partial charge in [0.2, 0.25) is 0 Å². The van der Waals surface area contributed by atoms with Crippen LogP contribution in [0.4, 0.5) is 0 Å². The van der Waals surface area contributed by atoms with E-state index >= 15 is 0 Å². The number of Topliss-reactive ketones (excluding diaryl/α,β-unsaturated/α-hetero) is 1. The summed E-state index contributed by atoms with van der Waals surface area (Å²) in [5.74, 6) is -0.0956. The molecule has 1 aliphatic rings. The van der Waals surface area contributed by atoms with Gasteiger partial charge in [0.05, 0.1) is 11.1 Å². The molecule has 1 fully saturated rings. The summed E-state index contributed by atoms with van der Waals surface area (Å²) in [7, 11) is 0. The van der Waals surface area contributed by atoms with E-state index in [0.717, 1.165) is 0 Å². The minimum absolute atomic E-state index is 0.114. The molecule has 1 aromatic carbocycles. The van der Waals surface area contributed by atoms with Crippen LogP contribution in [0.25, 0.3) is 0 Å². The van der Waals surface area contributed by atoms with Crippen molar-refractivity contribution in [2.45, 2.75) is 51.7 Å². The van der Waals surface area contributed by atoms with Crippen LogP contribution in [0.3, 0.4) is 0 Å². The molecular formula is C16H21NO3. The van der Waals surface area contributed by atoms with Crippen molar-refractivity contribution < 1.29 is 14.4 Å². The van der Waals surface area contributed by atoms with E-state index in [4.69, 9.17) is 4.84 Å². The molecule has 0 spiro atoms. The van der Waals surface area contributed by atoms with Crippen LogP contribution in [0.5, 0.6) is 0 Å². The Morgan fingerprint density at radius 2 is 1.70 bits per heavy atom. The zero-order valence-electron chi connectivity index (χ0n) is 12.5. The lowest BCUT2D eigenvalue weighted by Gasteiger charge is -2.38. The molecule has 0 N–H and O–H groups in total. The topological polar surface area (TPSA) is 46.6 Å². The number of hydroxylamine groups is 2. The SMILES string of the molecule is CC1(C)CC(=O)CC(C)(C)N(C(=O)c2ccccc2)O1. The number of rotatable bonds is 1. The van der Waals surface area contributed by atoms with Crippen molar-refractivity contribution >= 4 is 11.7 Å². The summed E-state index contributed by atoms with van der Waals surface area (Å²) in [6, 6.07) is 8.99. The lowest BCUT2D eigenvalue weighted by molar-refractivity contribution is -0.233. The van der Waals surface area contributed by atoms with Crippen molar-refractivity contribution in [3.05, 3.63) is 35.9 Å². The Kier molecular flexibility index (Phi) is 3.69. The van der Waals surface area contributed by atoms with Gasteiger partial charge in [-0.05, 0) is 39.8 Å². The van der Waals surface area contributed by atoms with E-state index in [2.05, 4.69) is 0 Å². The highest BCUT2D eigenvalue weighted by Crippen LogP contribution is 2.32. The summed E-state index contributed by atoms with van der Waals surface area (Å²) in [5, 5.41) is 1.37. The molecule has 0 unspecified atom stereocenters. The van der Waals surface area contributed by atoms with E-state index in [-0.39, 0.29) is 11.7 Å². The van der Waals surface area contributed by atoms with Gasteiger partial charge in [0.15, 0.2) is 0 Å². The van der Waals surface area contributed by atoms with Crippen molar-refractivity contribution in [1.29, 1.82) is 0 Å². The second kappa shape index (κ2) is 5.02. The second-order valence-electron chi connectivity index (χ2n) is 6.52. The predicted octanol–water partition coefficient (Wildman–Crippen LogP) is 2.98. The Morgan fingerprint density at radius 3 is 2.30 bits per heavy atom. The zero-order valence-corrected chi connectivity index (χ0v) is 12.5. The molecule has 108 valence electrons. The Bertz CT molecular complexity index is 520. The summed E-state index contributed by atoms with van der Waals surface area (Å²) < 4.78 is 0. The van der Waals surface area contributed by atoms with Gasteiger partial charge in [0, 0.05) is 18.4 Å². The molecule has 20 heavy (non-hydrogen) atoms. The highest BCUT2D eigenvalue weighted by molar-refractivity contribution is 5.94. The van der Waals surface area contributed by atoms with Gasteiger partial charge < -0.3 is 0 Å². The first-order chi connectivity index (χ1) is 9.21. The Morgan fingerprint density at radius 1 is 1.10 bits per heavy atom. The normalized spacial score (nSPS) is 21.4. The highest BCUT2D eigenvalue weighted by atomic mass is 16.7. The molecule has 4 heteroatoms. The molecule has 0 radical (unpaired) electrons. The standard InChI is InChI=1S/C16H21NO3/c1-15(2)10-13(18)11-16(3,4)20-17(15)14(19)12-8-6-5-7-9-12/h5-9H,10-11H2,1-4H3. The molecule has 1 amide bonds. The van der Waals surface area contributed by atoms with Crippen LogP contribution < -0.4 is 0 Å². The zero-order chi connectivity index (χ0) is 15.0. The van der Waals surface area contributed by atoms with E-state index in [1.807, 2.05) is 45.9 Å². The van der Waals surface area contributed by atoms with E-state index < -0.39 is 11.1 Å². The van der Waals surface area contributed by atoms with Crippen molar-refractivity contribution in [3.63, 3.8) is 0 Å². The highest BCUT2D eigenvalue weighted by Gasteiger charge is 2.43. The molecule has 0 atom stereocenters. The van der Waals surface area contributed by atoms with Gasteiger partial charge in [-0.1, -0.05) is 18.2 Å². The number of benzene rings is 1. The third-order valence-electron chi connectivity index (χ3n) is 3.35. The average Bonchev–Trinajstić information content (AvgIpc) is 2.42. The molecular weight excluding hydrogens is 254 g/mol. The lowest BCUT2D eigenvalue weighted by atomic mass is 9.93.